The number of nitrogens with zero attached hydrogens (tertiary/aromatic N) is 1. The van der Waals surface area contributed by atoms with E-state index >= 15 is 0 Å². The lowest BCUT2D eigenvalue weighted by Crippen LogP contribution is -2.39. The lowest BCUT2D eigenvalue weighted by atomic mass is 10.1. The van der Waals surface area contributed by atoms with Crippen LogP contribution in [0.15, 0.2) is 0 Å². The predicted molar refractivity (Wildman–Crippen MR) is 60.6 cm³/mol. The Kier molecular flexibility index (Phi) is 5.69. The molecule has 1 saturated heterocycles. The molecule has 1 N–H and O–H groups in total. The molecular formula is C12H23NO2. The molecule has 0 saturated carbocycles. The summed E-state index contributed by atoms with van der Waals surface area (Å²) in [6.45, 7) is 3.20. The van der Waals surface area contributed by atoms with Crippen molar-refractivity contribution in [1.82, 2.24) is 4.90 Å². The molecule has 1 aliphatic rings. The number of hydrogen-bond acceptors (Lipinski definition) is 2. The Balaban J connectivity index is 2.49. The second kappa shape index (κ2) is 6.83. The van der Waals surface area contributed by atoms with E-state index in [1.165, 1.54) is 12.8 Å². The maximum absolute atomic E-state index is 11.9. The Labute approximate surface area is 92.5 Å². The zero-order chi connectivity index (χ0) is 11.1. The van der Waals surface area contributed by atoms with Crippen molar-refractivity contribution in [3.8, 4) is 0 Å². The molecule has 0 aromatic rings. The summed E-state index contributed by atoms with van der Waals surface area (Å²) < 4.78 is 0. The first-order valence-electron chi connectivity index (χ1n) is 6.20. The summed E-state index contributed by atoms with van der Waals surface area (Å²) in [5.41, 5.74) is 0. The molecule has 0 spiro atoms. The quantitative estimate of drug-likeness (QED) is 0.775. The van der Waals surface area contributed by atoms with E-state index in [4.69, 9.17) is 5.11 Å². The van der Waals surface area contributed by atoms with Crippen molar-refractivity contribution in [3.05, 3.63) is 0 Å². The van der Waals surface area contributed by atoms with Crippen LogP contribution in [0, 0.1) is 0 Å². The Morgan fingerprint density at radius 1 is 1.40 bits per heavy atom. The van der Waals surface area contributed by atoms with Crippen LogP contribution in [0.25, 0.3) is 0 Å². The Hall–Kier alpha value is -0.570. The van der Waals surface area contributed by atoms with E-state index < -0.39 is 0 Å². The largest absolute Gasteiger partial charge is 0.396 e. The fraction of sp³-hybridized carbons (Fsp3) is 0.917. The zero-order valence-electron chi connectivity index (χ0n) is 9.74. The molecule has 1 atom stereocenters. The molecule has 1 amide bonds. The van der Waals surface area contributed by atoms with Crippen LogP contribution in [0.1, 0.15) is 51.9 Å². The Morgan fingerprint density at radius 3 is 2.87 bits per heavy atom. The molecule has 88 valence electrons. The molecule has 0 aromatic carbocycles. The Bertz CT molecular complexity index is 194. The summed E-state index contributed by atoms with van der Waals surface area (Å²) in [5.74, 6) is 0.234. The molecule has 1 aliphatic heterocycles. The van der Waals surface area contributed by atoms with Crippen molar-refractivity contribution >= 4 is 5.91 Å². The SMILES string of the molecule is CCC1CCCCCN1C(=O)CCCO. The van der Waals surface area contributed by atoms with E-state index in [0.29, 0.717) is 18.9 Å². The molecule has 0 aromatic heterocycles. The van der Waals surface area contributed by atoms with Crippen molar-refractivity contribution in [3.63, 3.8) is 0 Å². The molecule has 1 heterocycles. The van der Waals surface area contributed by atoms with Gasteiger partial charge in [-0.1, -0.05) is 19.8 Å². The summed E-state index contributed by atoms with van der Waals surface area (Å²) in [5, 5.41) is 8.72. The maximum Gasteiger partial charge on any atom is 0.222 e. The van der Waals surface area contributed by atoms with Gasteiger partial charge in [-0.15, -0.1) is 0 Å². The molecule has 1 fully saturated rings. The van der Waals surface area contributed by atoms with Gasteiger partial charge in [0, 0.05) is 25.6 Å². The standard InChI is InChI=1S/C12H23NO2/c1-2-11-7-4-3-5-9-13(11)12(15)8-6-10-14/h11,14H,2-10H2,1H3. The topological polar surface area (TPSA) is 40.5 Å². The fourth-order valence-corrected chi connectivity index (χ4v) is 2.30. The number of rotatable bonds is 4. The van der Waals surface area contributed by atoms with Crippen LogP contribution in [0.5, 0.6) is 0 Å². The molecule has 15 heavy (non-hydrogen) atoms. The summed E-state index contributed by atoms with van der Waals surface area (Å²) in [7, 11) is 0. The average Bonchev–Trinajstić information content (AvgIpc) is 2.50. The molecule has 0 aliphatic carbocycles. The summed E-state index contributed by atoms with van der Waals surface area (Å²) in [6.07, 6.45) is 6.97. The normalized spacial score (nSPS) is 22.5. The fourth-order valence-electron chi connectivity index (χ4n) is 2.30. The third-order valence-corrected chi connectivity index (χ3v) is 3.22. The zero-order valence-corrected chi connectivity index (χ0v) is 9.74. The monoisotopic (exact) mass is 213 g/mol. The van der Waals surface area contributed by atoms with Crippen molar-refractivity contribution < 1.29 is 9.90 Å². The van der Waals surface area contributed by atoms with E-state index in [1.54, 1.807) is 0 Å². The highest BCUT2D eigenvalue weighted by Crippen LogP contribution is 2.20. The van der Waals surface area contributed by atoms with Gasteiger partial charge in [0.25, 0.3) is 0 Å². The lowest BCUT2D eigenvalue weighted by Gasteiger charge is -2.29. The average molecular weight is 213 g/mol. The van der Waals surface area contributed by atoms with Crippen molar-refractivity contribution in [1.29, 1.82) is 0 Å². The van der Waals surface area contributed by atoms with Gasteiger partial charge in [0.05, 0.1) is 0 Å². The van der Waals surface area contributed by atoms with Crippen LogP contribution in [0.2, 0.25) is 0 Å². The van der Waals surface area contributed by atoms with E-state index in [0.717, 1.165) is 25.8 Å². The number of carbonyl (C=O) groups is 1. The Morgan fingerprint density at radius 2 is 2.20 bits per heavy atom. The summed E-state index contributed by atoms with van der Waals surface area (Å²) >= 11 is 0. The predicted octanol–water partition coefficient (Wildman–Crippen LogP) is 1.94. The number of hydrogen-bond donors (Lipinski definition) is 1. The van der Waals surface area contributed by atoms with Gasteiger partial charge in [-0.2, -0.15) is 0 Å². The van der Waals surface area contributed by atoms with Crippen LogP contribution in [0.4, 0.5) is 0 Å². The highest BCUT2D eigenvalue weighted by Gasteiger charge is 2.23. The molecule has 3 heteroatoms. The van der Waals surface area contributed by atoms with Gasteiger partial charge in [-0.25, -0.2) is 0 Å². The van der Waals surface area contributed by atoms with Gasteiger partial charge >= 0.3 is 0 Å². The first-order valence-corrected chi connectivity index (χ1v) is 6.20. The highest BCUT2D eigenvalue weighted by atomic mass is 16.3. The van der Waals surface area contributed by atoms with Crippen molar-refractivity contribution in [2.75, 3.05) is 13.2 Å². The van der Waals surface area contributed by atoms with Crippen molar-refractivity contribution in [2.24, 2.45) is 0 Å². The van der Waals surface area contributed by atoms with E-state index in [-0.39, 0.29) is 12.5 Å². The summed E-state index contributed by atoms with van der Waals surface area (Å²) in [6, 6.07) is 0.443. The van der Waals surface area contributed by atoms with Gasteiger partial charge in [0.15, 0.2) is 0 Å². The van der Waals surface area contributed by atoms with Gasteiger partial charge in [0.2, 0.25) is 5.91 Å². The second-order valence-corrected chi connectivity index (χ2v) is 4.33. The van der Waals surface area contributed by atoms with Gasteiger partial charge in [0.1, 0.15) is 0 Å². The number of aliphatic hydroxyl groups is 1. The van der Waals surface area contributed by atoms with Crippen LogP contribution < -0.4 is 0 Å². The minimum Gasteiger partial charge on any atom is -0.396 e. The maximum atomic E-state index is 11.9. The van der Waals surface area contributed by atoms with E-state index in [2.05, 4.69) is 6.92 Å². The first kappa shape index (κ1) is 12.5. The number of amides is 1. The second-order valence-electron chi connectivity index (χ2n) is 4.33. The van der Waals surface area contributed by atoms with Gasteiger partial charge < -0.3 is 10.0 Å². The van der Waals surface area contributed by atoms with Gasteiger partial charge in [-0.05, 0) is 25.7 Å². The van der Waals surface area contributed by atoms with Gasteiger partial charge in [-0.3, -0.25) is 4.79 Å². The molecular weight excluding hydrogens is 190 g/mol. The number of aliphatic hydroxyl groups excluding tert-OH is 1. The molecule has 0 bridgehead atoms. The van der Waals surface area contributed by atoms with Crippen molar-refractivity contribution in [2.45, 2.75) is 57.9 Å². The van der Waals surface area contributed by atoms with Crippen LogP contribution in [0.3, 0.4) is 0 Å². The molecule has 0 radical (unpaired) electrons. The highest BCUT2D eigenvalue weighted by molar-refractivity contribution is 5.76. The third-order valence-electron chi connectivity index (χ3n) is 3.22. The smallest absolute Gasteiger partial charge is 0.222 e. The summed E-state index contributed by atoms with van der Waals surface area (Å²) in [4.78, 5) is 13.9. The first-order chi connectivity index (χ1) is 7.29. The van der Waals surface area contributed by atoms with Crippen LogP contribution in [-0.2, 0) is 4.79 Å². The van der Waals surface area contributed by atoms with E-state index in [9.17, 15) is 4.79 Å². The van der Waals surface area contributed by atoms with Crippen LogP contribution >= 0.6 is 0 Å². The molecule has 1 unspecified atom stereocenters. The number of carbonyl (C=O) groups excluding carboxylic acids is 1. The van der Waals surface area contributed by atoms with Crippen LogP contribution in [-0.4, -0.2) is 35.1 Å². The molecule has 3 nitrogen and oxygen atoms in total. The lowest BCUT2D eigenvalue weighted by molar-refractivity contribution is -0.133. The minimum absolute atomic E-state index is 0.121. The van der Waals surface area contributed by atoms with E-state index in [1.807, 2.05) is 4.90 Å². The number of likely N-dealkylation sites (tertiary alicyclic amines) is 1. The molecule has 1 rings (SSSR count). The third kappa shape index (κ3) is 3.82. The minimum atomic E-state index is 0.121.